The Morgan fingerprint density at radius 2 is 1.77 bits per heavy atom. The molecule has 3 rings (SSSR count). The highest BCUT2D eigenvalue weighted by atomic mass is 35.5. The van der Waals surface area contributed by atoms with Gasteiger partial charge >= 0.3 is 18.1 Å². The van der Waals surface area contributed by atoms with E-state index in [1.165, 1.54) is 14.2 Å². The molecule has 1 fully saturated rings. The molecule has 0 aromatic carbocycles. The summed E-state index contributed by atoms with van der Waals surface area (Å²) in [5.74, 6) is -5.19. The smallest absolute Gasteiger partial charge is 0.477 e. The van der Waals surface area contributed by atoms with Gasteiger partial charge in [0, 0.05) is 25.9 Å². The van der Waals surface area contributed by atoms with Crippen molar-refractivity contribution in [2.75, 3.05) is 32.2 Å². The quantitative estimate of drug-likeness (QED) is 0.289. The van der Waals surface area contributed by atoms with Crippen molar-refractivity contribution in [3.63, 3.8) is 0 Å². The van der Waals surface area contributed by atoms with E-state index in [1.54, 1.807) is 11.8 Å². The van der Waals surface area contributed by atoms with Gasteiger partial charge in [0.1, 0.15) is 10.6 Å². The zero-order valence-electron chi connectivity index (χ0n) is 20.3. The number of hydrogen-bond donors (Lipinski definition) is 5. The molecule has 1 saturated heterocycles. The first-order chi connectivity index (χ1) is 18.1. The molecule has 2 amide bonds. The van der Waals surface area contributed by atoms with Gasteiger partial charge in [0.05, 0.1) is 29.3 Å². The second kappa shape index (κ2) is 13.3. The van der Waals surface area contributed by atoms with Crippen LogP contribution in [0, 0.1) is 6.92 Å². The number of thiazole rings is 1. The standard InChI is InChI=1S/C18H21Cl2N5O6S.C2HF3O2/c1-7-10(19)11(20)12(21-7)15(26)22-8-4-5-25(6-9(8)30-2)18-23-13(16(27)24-31-3)14(32-18)17(28)29;3-2(4,5)1(6)7/h8-9,21H,4-6H2,1-3H3,(H,22,26)(H,24,27)(H,28,29);(H,6,7)/t8-,9+;/m1./s1. The third kappa shape index (κ3) is 7.95. The van der Waals surface area contributed by atoms with Crippen LogP contribution in [-0.2, 0) is 14.4 Å². The van der Waals surface area contributed by atoms with Crippen LogP contribution in [0.4, 0.5) is 18.3 Å². The van der Waals surface area contributed by atoms with Crippen LogP contribution >= 0.6 is 34.5 Å². The van der Waals surface area contributed by atoms with Gasteiger partial charge in [0.2, 0.25) is 0 Å². The number of nitrogens with one attached hydrogen (secondary N) is 3. The van der Waals surface area contributed by atoms with Crippen molar-refractivity contribution in [2.24, 2.45) is 0 Å². The normalized spacial score (nSPS) is 17.2. The molecule has 1 aliphatic rings. The lowest BCUT2D eigenvalue weighted by atomic mass is 10.0. The number of aliphatic carboxylic acids is 1. The van der Waals surface area contributed by atoms with Crippen LogP contribution in [0.5, 0.6) is 0 Å². The third-order valence-corrected chi connectivity index (χ3v) is 7.24. The van der Waals surface area contributed by atoms with Gasteiger partial charge in [0.15, 0.2) is 10.8 Å². The molecule has 19 heteroatoms. The molecule has 5 N–H and O–H groups in total. The summed E-state index contributed by atoms with van der Waals surface area (Å²) in [6.07, 6.45) is -5.02. The molecule has 2 aromatic heterocycles. The second-order valence-electron chi connectivity index (χ2n) is 7.76. The van der Waals surface area contributed by atoms with Crippen molar-refractivity contribution in [3.05, 3.63) is 32.0 Å². The fourth-order valence-electron chi connectivity index (χ4n) is 3.35. The topological polar surface area (TPSA) is 183 Å². The average molecular weight is 620 g/mol. The number of aromatic carboxylic acids is 1. The molecule has 0 bridgehead atoms. The number of aromatic nitrogens is 2. The van der Waals surface area contributed by atoms with Gasteiger partial charge in [-0.25, -0.2) is 20.1 Å². The van der Waals surface area contributed by atoms with Crippen LogP contribution in [0.25, 0.3) is 0 Å². The van der Waals surface area contributed by atoms with Crippen molar-refractivity contribution in [3.8, 4) is 0 Å². The van der Waals surface area contributed by atoms with Gasteiger partial charge in [-0.1, -0.05) is 34.5 Å². The summed E-state index contributed by atoms with van der Waals surface area (Å²) < 4.78 is 37.3. The Hall–Kier alpha value is -3.12. The molecule has 2 aromatic rings. The summed E-state index contributed by atoms with van der Waals surface area (Å²) in [6.45, 7) is 2.47. The van der Waals surface area contributed by atoms with Crippen LogP contribution < -0.4 is 15.7 Å². The highest BCUT2D eigenvalue weighted by Gasteiger charge is 2.38. The number of H-pyrrole nitrogens is 1. The van der Waals surface area contributed by atoms with Gasteiger partial charge in [0.25, 0.3) is 11.8 Å². The summed E-state index contributed by atoms with van der Waals surface area (Å²) >= 11 is 13.1. The highest BCUT2D eigenvalue weighted by molar-refractivity contribution is 7.17. The molecule has 0 spiro atoms. The number of carbonyl (C=O) groups excluding carboxylic acids is 2. The molecule has 0 aliphatic carbocycles. The fraction of sp³-hybridized carbons (Fsp3) is 0.450. The maximum Gasteiger partial charge on any atom is 0.490 e. The minimum absolute atomic E-state index is 0.152. The van der Waals surface area contributed by atoms with Crippen molar-refractivity contribution in [1.82, 2.24) is 20.8 Å². The Morgan fingerprint density at radius 3 is 2.23 bits per heavy atom. The summed E-state index contributed by atoms with van der Waals surface area (Å²) in [5, 5.41) is 20.2. The van der Waals surface area contributed by atoms with E-state index in [9.17, 15) is 32.7 Å². The van der Waals surface area contributed by atoms with Gasteiger partial charge in [-0.2, -0.15) is 13.2 Å². The summed E-state index contributed by atoms with van der Waals surface area (Å²) in [6, 6.07) is -0.336. The number of carboxylic acids is 2. The number of hydroxylamine groups is 1. The van der Waals surface area contributed by atoms with Crippen molar-refractivity contribution in [1.29, 1.82) is 0 Å². The molecule has 2 atom stereocenters. The maximum atomic E-state index is 12.7. The van der Waals surface area contributed by atoms with Crippen LogP contribution in [0.2, 0.25) is 10.0 Å². The van der Waals surface area contributed by atoms with Crippen molar-refractivity contribution < 1.29 is 52.1 Å². The first-order valence-corrected chi connectivity index (χ1v) is 12.2. The van der Waals surface area contributed by atoms with E-state index in [0.29, 0.717) is 35.4 Å². The van der Waals surface area contributed by atoms with Crippen molar-refractivity contribution in [2.45, 2.75) is 31.7 Å². The van der Waals surface area contributed by atoms with Gasteiger partial charge in [-0.15, -0.1) is 0 Å². The summed E-state index contributed by atoms with van der Waals surface area (Å²) in [7, 11) is 2.75. The molecule has 3 heterocycles. The SMILES string of the molecule is CONC(=O)c1nc(N2CC[C@@H](NC(=O)c3[nH]c(C)c(Cl)c3Cl)[C@@H](OC)C2)sc1C(=O)O.O=C(O)C(F)(F)F. The summed E-state index contributed by atoms with van der Waals surface area (Å²) in [4.78, 5) is 58.4. The average Bonchev–Trinajstić information content (AvgIpc) is 3.42. The number of aryl methyl sites for hydroxylation is 1. The number of methoxy groups -OCH3 is 1. The molecule has 0 saturated carbocycles. The number of aromatic amines is 1. The van der Waals surface area contributed by atoms with E-state index in [2.05, 4.69) is 25.6 Å². The minimum Gasteiger partial charge on any atom is -0.477 e. The number of piperidine rings is 1. The monoisotopic (exact) mass is 619 g/mol. The number of carbonyl (C=O) groups is 4. The van der Waals surface area contributed by atoms with Gasteiger partial charge < -0.3 is 30.2 Å². The number of halogens is 5. The number of rotatable bonds is 7. The molecule has 1 aliphatic heterocycles. The molecular formula is C20H22Cl2F3N5O8S. The molecule has 0 radical (unpaired) electrons. The number of carboxylic acid groups (broad SMARTS) is 2. The highest BCUT2D eigenvalue weighted by Crippen LogP contribution is 2.31. The van der Waals surface area contributed by atoms with Crippen LogP contribution in [0.1, 0.15) is 42.8 Å². The van der Waals surface area contributed by atoms with E-state index < -0.39 is 36.0 Å². The number of hydrogen-bond acceptors (Lipinski definition) is 9. The summed E-state index contributed by atoms with van der Waals surface area (Å²) in [5.41, 5.74) is 2.60. The fourth-order valence-corrected chi connectivity index (χ4v) is 4.70. The maximum absolute atomic E-state index is 12.7. The number of nitrogens with zero attached hydrogens (tertiary/aromatic N) is 2. The Balaban J connectivity index is 0.000000673. The van der Waals surface area contributed by atoms with E-state index >= 15 is 0 Å². The Labute approximate surface area is 232 Å². The second-order valence-corrected chi connectivity index (χ2v) is 9.49. The molecule has 216 valence electrons. The largest absolute Gasteiger partial charge is 0.490 e. The predicted octanol–water partition coefficient (Wildman–Crippen LogP) is 2.73. The Morgan fingerprint density at radius 1 is 1.15 bits per heavy atom. The lowest BCUT2D eigenvalue weighted by molar-refractivity contribution is -0.192. The number of amides is 2. The number of anilines is 1. The lowest BCUT2D eigenvalue weighted by Gasteiger charge is -2.37. The zero-order chi connectivity index (χ0) is 29.7. The van der Waals surface area contributed by atoms with Crippen LogP contribution in [-0.4, -0.2) is 89.6 Å². The molecule has 0 unspecified atom stereocenters. The Bertz CT molecular complexity index is 1240. The van der Waals surface area contributed by atoms with E-state index in [0.717, 1.165) is 11.3 Å². The van der Waals surface area contributed by atoms with E-state index in [-0.39, 0.29) is 27.3 Å². The van der Waals surface area contributed by atoms with Gasteiger partial charge in [-0.3, -0.25) is 14.4 Å². The van der Waals surface area contributed by atoms with Gasteiger partial charge in [-0.05, 0) is 13.3 Å². The van der Waals surface area contributed by atoms with E-state index in [4.69, 9.17) is 37.8 Å². The molecule has 13 nitrogen and oxygen atoms in total. The van der Waals surface area contributed by atoms with Crippen molar-refractivity contribution >= 4 is 63.4 Å². The van der Waals surface area contributed by atoms with E-state index in [1.807, 2.05) is 0 Å². The first-order valence-electron chi connectivity index (χ1n) is 10.6. The Kier molecular flexibility index (Phi) is 10.9. The molecular weight excluding hydrogens is 598 g/mol. The van der Waals surface area contributed by atoms with Crippen LogP contribution in [0.3, 0.4) is 0 Å². The number of ether oxygens (including phenoxy) is 1. The zero-order valence-corrected chi connectivity index (χ0v) is 22.6. The van der Waals surface area contributed by atoms with Crippen LogP contribution in [0.15, 0.2) is 0 Å². The first kappa shape index (κ1) is 32.1. The lowest BCUT2D eigenvalue weighted by Crippen LogP contribution is -2.55. The predicted molar refractivity (Wildman–Crippen MR) is 132 cm³/mol. The third-order valence-electron chi connectivity index (χ3n) is 5.19. The molecule has 39 heavy (non-hydrogen) atoms. The minimum atomic E-state index is -5.08. The number of alkyl halides is 3.